The number of fused-ring (bicyclic) bond motifs is 1. The topological polar surface area (TPSA) is 42.4 Å². The van der Waals surface area contributed by atoms with Crippen LogP contribution in [0.1, 0.15) is 4.88 Å². The Morgan fingerprint density at radius 1 is 1.44 bits per heavy atom. The first-order chi connectivity index (χ1) is 8.74. The molecule has 4 nitrogen and oxygen atoms in total. The zero-order valence-electron chi connectivity index (χ0n) is 9.30. The molecule has 0 fully saturated rings. The highest BCUT2D eigenvalue weighted by Gasteiger charge is 2.25. The molecule has 0 spiro atoms. The SMILES string of the molecule is O=C1COc2ccccc2N1Cc1cnc(Cl)s1. The fourth-order valence-corrected chi connectivity index (χ4v) is 2.81. The first-order valence-corrected chi connectivity index (χ1v) is 6.56. The van der Waals surface area contributed by atoms with Gasteiger partial charge in [-0.05, 0) is 12.1 Å². The van der Waals surface area contributed by atoms with Gasteiger partial charge >= 0.3 is 0 Å². The molecule has 92 valence electrons. The first-order valence-electron chi connectivity index (χ1n) is 5.36. The fraction of sp³-hybridized carbons (Fsp3) is 0.167. The van der Waals surface area contributed by atoms with Crippen LogP contribution in [0.2, 0.25) is 4.47 Å². The van der Waals surface area contributed by atoms with Crippen LogP contribution >= 0.6 is 22.9 Å². The summed E-state index contributed by atoms with van der Waals surface area (Å²) in [5.41, 5.74) is 0.790. The number of thiazole rings is 1. The number of para-hydroxylation sites is 2. The van der Waals surface area contributed by atoms with E-state index in [1.54, 1.807) is 11.1 Å². The number of carbonyl (C=O) groups excluding carboxylic acids is 1. The summed E-state index contributed by atoms with van der Waals surface area (Å²) in [4.78, 5) is 18.5. The largest absolute Gasteiger partial charge is 0.482 e. The van der Waals surface area contributed by atoms with Crippen LogP contribution in [0.15, 0.2) is 30.5 Å². The summed E-state index contributed by atoms with van der Waals surface area (Å²) >= 11 is 7.17. The van der Waals surface area contributed by atoms with Gasteiger partial charge in [-0.2, -0.15) is 0 Å². The van der Waals surface area contributed by atoms with E-state index in [0.29, 0.717) is 11.0 Å². The van der Waals surface area contributed by atoms with E-state index < -0.39 is 0 Å². The van der Waals surface area contributed by atoms with Gasteiger partial charge in [0, 0.05) is 11.1 Å². The van der Waals surface area contributed by atoms with Gasteiger partial charge < -0.3 is 9.64 Å². The molecular weight excluding hydrogens is 272 g/mol. The van der Waals surface area contributed by atoms with Crippen molar-refractivity contribution in [3.63, 3.8) is 0 Å². The predicted octanol–water partition coefficient (Wildman–Crippen LogP) is 2.72. The maximum Gasteiger partial charge on any atom is 0.265 e. The standard InChI is InChI=1S/C12H9ClN2O2S/c13-12-14-5-8(18-12)6-15-9-3-1-2-4-10(9)17-7-11(15)16/h1-5H,6-7H2. The molecule has 2 aromatic rings. The minimum atomic E-state index is -0.0572. The van der Waals surface area contributed by atoms with Gasteiger partial charge in [-0.15, -0.1) is 11.3 Å². The molecule has 0 unspecified atom stereocenters. The van der Waals surface area contributed by atoms with E-state index in [1.165, 1.54) is 11.3 Å². The number of nitrogens with zero attached hydrogens (tertiary/aromatic N) is 2. The van der Waals surface area contributed by atoms with Gasteiger partial charge in [0.05, 0.1) is 12.2 Å². The van der Waals surface area contributed by atoms with Crippen LogP contribution < -0.4 is 9.64 Å². The average Bonchev–Trinajstić information content (AvgIpc) is 2.79. The molecule has 0 saturated heterocycles. The van der Waals surface area contributed by atoms with Gasteiger partial charge in [0.1, 0.15) is 5.75 Å². The van der Waals surface area contributed by atoms with E-state index >= 15 is 0 Å². The van der Waals surface area contributed by atoms with Crippen LogP contribution in [0, 0.1) is 0 Å². The lowest BCUT2D eigenvalue weighted by atomic mass is 10.2. The number of halogens is 1. The van der Waals surface area contributed by atoms with Crippen LogP contribution in [-0.2, 0) is 11.3 Å². The normalized spacial score (nSPS) is 14.3. The third-order valence-corrected chi connectivity index (χ3v) is 3.75. The number of aromatic nitrogens is 1. The average molecular weight is 281 g/mol. The number of benzene rings is 1. The van der Waals surface area contributed by atoms with Crippen LogP contribution in [0.4, 0.5) is 5.69 Å². The Morgan fingerprint density at radius 2 is 2.28 bits per heavy atom. The van der Waals surface area contributed by atoms with Gasteiger partial charge in [-0.1, -0.05) is 23.7 Å². The Morgan fingerprint density at radius 3 is 3.06 bits per heavy atom. The van der Waals surface area contributed by atoms with Gasteiger partial charge in [0.2, 0.25) is 0 Å². The van der Waals surface area contributed by atoms with Crippen molar-refractivity contribution < 1.29 is 9.53 Å². The molecule has 1 aliphatic rings. The predicted molar refractivity (Wildman–Crippen MR) is 70.3 cm³/mol. The van der Waals surface area contributed by atoms with E-state index in [9.17, 15) is 4.79 Å². The number of hydrogen-bond acceptors (Lipinski definition) is 4. The van der Waals surface area contributed by atoms with Crippen molar-refractivity contribution in [3.8, 4) is 5.75 Å². The smallest absolute Gasteiger partial charge is 0.265 e. The fourth-order valence-electron chi connectivity index (χ4n) is 1.84. The highest BCUT2D eigenvalue weighted by atomic mass is 35.5. The van der Waals surface area contributed by atoms with E-state index in [2.05, 4.69) is 4.98 Å². The second-order valence-corrected chi connectivity index (χ2v) is 5.51. The number of amides is 1. The van der Waals surface area contributed by atoms with Crippen molar-refractivity contribution in [1.29, 1.82) is 0 Å². The summed E-state index contributed by atoms with van der Waals surface area (Å²) < 4.78 is 5.86. The molecule has 18 heavy (non-hydrogen) atoms. The monoisotopic (exact) mass is 280 g/mol. The molecule has 0 N–H and O–H groups in total. The van der Waals surface area contributed by atoms with Crippen molar-refractivity contribution in [2.24, 2.45) is 0 Å². The van der Waals surface area contributed by atoms with Crippen molar-refractivity contribution in [1.82, 2.24) is 4.98 Å². The maximum atomic E-state index is 11.9. The van der Waals surface area contributed by atoms with E-state index in [0.717, 1.165) is 16.3 Å². The second kappa shape index (κ2) is 4.59. The Kier molecular flexibility index (Phi) is 2.93. The molecule has 0 aliphatic carbocycles. The number of rotatable bonds is 2. The molecule has 2 heterocycles. The van der Waals surface area contributed by atoms with Crippen LogP contribution in [0.25, 0.3) is 0 Å². The maximum absolute atomic E-state index is 11.9. The molecule has 3 rings (SSSR count). The van der Waals surface area contributed by atoms with Crippen LogP contribution in [0.3, 0.4) is 0 Å². The molecule has 0 bridgehead atoms. The number of hydrogen-bond donors (Lipinski definition) is 0. The Labute approximate surface area is 113 Å². The zero-order chi connectivity index (χ0) is 12.5. The van der Waals surface area contributed by atoms with Gasteiger partial charge in [0.15, 0.2) is 11.1 Å². The zero-order valence-corrected chi connectivity index (χ0v) is 10.9. The second-order valence-electron chi connectivity index (χ2n) is 3.82. The van der Waals surface area contributed by atoms with E-state index in [-0.39, 0.29) is 12.5 Å². The Hall–Kier alpha value is -1.59. The van der Waals surface area contributed by atoms with Crippen molar-refractivity contribution in [2.75, 3.05) is 11.5 Å². The lowest BCUT2D eigenvalue weighted by Crippen LogP contribution is -2.37. The van der Waals surface area contributed by atoms with Gasteiger partial charge in [-0.25, -0.2) is 4.98 Å². The lowest BCUT2D eigenvalue weighted by molar-refractivity contribution is -0.121. The molecule has 0 atom stereocenters. The lowest BCUT2D eigenvalue weighted by Gasteiger charge is -2.28. The Bertz CT molecular complexity index is 599. The Balaban J connectivity index is 1.93. The van der Waals surface area contributed by atoms with Crippen molar-refractivity contribution >= 4 is 34.5 Å². The molecule has 0 saturated carbocycles. The van der Waals surface area contributed by atoms with E-state index in [4.69, 9.17) is 16.3 Å². The van der Waals surface area contributed by atoms with E-state index in [1.807, 2.05) is 24.3 Å². The summed E-state index contributed by atoms with van der Waals surface area (Å²) in [5, 5.41) is 0. The highest BCUT2D eigenvalue weighted by Crippen LogP contribution is 2.33. The number of carbonyl (C=O) groups is 1. The quantitative estimate of drug-likeness (QED) is 0.849. The third kappa shape index (κ3) is 2.07. The summed E-state index contributed by atoms with van der Waals surface area (Å²) in [6.45, 7) is 0.549. The third-order valence-electron chi connectivity index (χ3n) is 2.65. The summed E-state index contributed by atoms with van der Waals surface area (Å²) in [5.74, 6) is 0.672. The number of ether oxygens (including phenoxy) is 1. The first kappa shape index (κ1) is 11.5. The molecule has 0 radical (unpaired) electrons. The van der Waals surface area contributed by atoms with Crippen LogP contribution in [0.5, 0.6) is 5.75 Å². The van der Waals surface area contributed by atoms with Crippen molar-refractivity contribution in [3.05, 3.63) is 39.8 Å². The van der Waals surface area contributed by atoms with Gasteiger partial charge in [0.25, 0.3) is 5.91 Å². The molecule has 1 aromatic carbocycles. The minimum Gasteiger partial charge on any atom is -0.482 e. The summed E-state index contributed by atoms with van der Waals surface area (Å²) in [7, 11) is 0. The number of anilines is 1. The minimum absolute atomic E-state index is 0.0572. The molecule has 1 amide bonds. The highest BCUT2D eigenvalue weighted by molar-refractivity contribution is 7.15. The molecular formula is C12H9ClN2O2S. The summed E-state index contributed by atoms with van der Waals surface area (Å²) in [6.07, 6.45) is 1.69. The van der Waals surface area contributed by atoms with Crippen LogP contribution in [-0.4, -0.2) is 17.5 Å². The molecule has 1 aliphatic heterocycles. The molecule has 1 aromatic heterocycles. The molecule has 6 heteroatoms. The van der Waals surface area contributed by atoms with Crippen molar-refractivity contribution in [2.45, 2.75) is 6.54 Å². The van der Waals surface area contributed by atoms with Gasteiger partial charge in [-0.3, -0.25) is 4.79 Å². The summed E-state index contributed by atoms with van der Waals surface area (Å²) in [6, 6.07) is 7.49.